The average Bonchev–Trinajstić information content (AvgIpc) is 2.27. The first-order valence-electron chi connectivity index (χ1n) is 5.06. The second kappa shape index (κ2) is 7.01. The van der Waals surface area contributed by atoms with Crippen LogP contribution < -0.4 is 0 Å². The van der Waals surface area contributed by atoms with Gasteiger partial charge in [0.2, 0.25) is 5.24 Å². The Labute approximate surface area is 99.4 Å². The summed E-state index contributed by atoms with van der Waals surface area (Å²) >= 11 is 5.14. The number of carbonyl (C=O) groups is 2. The molecular formula is C12H13ClO3. The second-order valence-electron chi connectivity index (χ2n) is 3.35. The maximum absolute atomic E-state index is 11.2. The highest BCUT2D eigenvalue weighted by Gasteiger charge is 2.04. The van der Waals surface area contributed by atoms with E-state index in [1.165, 1.54) is 0 Å². The summed E-state index contributed by atoms with van der Waals surface area (Å²) < 4.78 is 5.02. The molecule has 0 heterocycles. The molecule has 0 amide bonds. The predicted molar refractivity (Wildman–Crippen MR) is 60.9 cm³/mol. The Morgan fingerprint density at radius 1 is 1.12 bits per heavy atom. The Morgan fingerprint density at radius 3 is 2.44 bits per heavy atom. The molecule has 0 N–H and O–H groups in total. The number of hydrogen-bond donors (Lipinski definition) is 0. The minimum atomic E-state index is -0.421. The fourth-order valence-corrected chi connectivity index (χ4v) is 1.32. The van der Waals surface area contributed by atoms with Gasteiger partial charge in [0.25, 0.3) is 0 Å². The van der Waals surface area contributed by atoms with Gasteiger partial charge < -0.3 is 4.74 Å². The molecule has 0 aliphatic rings. The molecule has 0 saturated heterocycles. The molecule has 1 rings (SSSR count). The maximum atomic E-state index is 11.2. The second-order valence-corrected chi connectivity index (χ2v) is 3.78. The van der Waals surface area contributed by atoms with Gasteiger partial charge in [-0.1, -0.05) is 30.3 Å². The van der Waals surface area contributed by atoms with Crippen molar-refractivity contribution in [3.63, 3.8) is 0 Å². The zero-order chi connectivity index (χ0) is 11.8. The van der Waals surface area contributed by atoms with E-state index >= 15 is 0 Å². The minimum Gasteiger partial charge on any atom is -0.461 e. The summed E-state index contributed by atoms with van der Waals surface area (Å²) in [6.07, 6.45) is 0.878. The van der Waals surface area contributed by atoms with Crippen molar-refractivity contribution < 1.29 is 14.3 Å². The topological polar surface area (TPSA) is 43.4 Å². The smallest absolute Gasteiger partial charge is 0.306 e. The normalized spacial score (nSPS) is 9.81. The number of rotatable bonds is 6. The molecular weight excluding hydrogens is 228 g/mol. The van der Waals surface area contributed by atoms with Crippen molar-refractivity contribution in [1.82, 2.24) is 0 Å². The highest BCUT2D eigenvalue weighted by Crippen LogP contribution is 2.04. The van der Waals surface area contributed by atoms with Gasteiger partial charge in [-0.05, 0) is 23.6 Å². The van der Waals surface area contributed by atoms with E-state index in [9.17, 15) is 9.59 Å². The lowest BCUT2D eigenvalue weighted by atomic mass is 10.2. The molecule has 0 aliphatic carbocycles. The van der Waals surface area contributed by atoms with Crippen LogP contribution >= 0.6 is 11.6 Å². The van der Waals surface area contributed by atoms with Crippen LogP contribution in [-0.4, -0.2) is 11.2 Å². The molecule has 3 nitrogen and oxygen atoms in total. The van der Waals surface area contributed by atoms with E-state index in [-0.39, 0.29) is 25.4 Å². The van der Waals surface area contributed by atoms with E-state index in [0.717, 1.165) is 5.56 Å². The van der Waals surface area contributed by atoms with Crippen LogP contribution in [0.25, 0.3) is 0 Å². The van der Waals surface area contributed by atoms with E-state index in [4.69, 9.17) is 16.3 Å². The Hall–Kier alpha value is -1.35. The van der Waals surface area contributed by atoms with Gasteiger partial charge in [0.15, 0.2) is 0 Å². The molecule has 0 spiro atoms. The fraction of sp³-hybridized carbons (Fsp3) is 0.333. The Balaban J connectivity index is 2.18. The lowest BCUT2D eigenvalue weighted by molar-refractivity contribution is -0.145. The molecule has 1 aromatic rings. The first-order chi connectivity index (χ1) is 7.68. The molecule has 0 saturated carbocycles. The van der Waals surface area contributed by atoms with Gasteiger partial charge in [0, 0.05) is 12.8 Å². The van der Waals surface area contributed by atoms with Crippen LogP contribution in [0.3, 0.4) is 0 Å². The van der Waals surface area contributed by atoms with E-state index in [1.54, 1.807) is 0 Å². The third-order valence-corrected chi connectivity index (χ3v) is 2.19. The van der Waals surface area contributed by atoms with Crippen LogP contribution in [0.5, 0.6) is 0 Å². The lowest BCUT2D eigenvalue weighted by Crippen LogP contribution is -2.04. The van der Waals surface area contributed by atoms with Crippen LogP contribution in [0.15, 0.2) is 30.3 Å². The van der Waals surface area contributed by atoms with E-state index in [2.05, 4.69) is 0 Å². The molecule has 1 aromatic carbocycles. The van der Waals surface area contributed by atoms with Crippen LogP contribution in [-0.2, 0) is 20.9 Å². The third-order valence-electron chi connectivity index (χ3n) is 2.00. The molecule has 86 valence electrons. The molecule has 16 heavy (non-hydrogen) atoms. The zero-order valence-electron chi connectivity index (χ0n) is 8.82. The monoisotopic (exact) mass is 240 g/mol. The van der Waals surface area contributed by atoms with Crippen molar-refractivity contribution in [2.75, 3.05) is 0 Å². The molecule has 0 aromatic heterocycles. The number of hydrogen-bond acceptors (Lipinski definition) is 3. The Morgan fingerprint density at radius 2 is 1.81 bits per heavy atom. The van der Waals surface area contributed by atoms with Crippen LogP contribution in [0.2, 0.25) is 0 Å². The standard InChI is InChI=1S/C12H13ClO3/c13-11(14)7-4-8-12(15)16-9-10-5-2-1-3-6-10/h1-3,5-6H,4,7-9H2. The lowest BCUT2D eigenvalue weighted by Gasteiger charge is -2.03. The molecule has 0 unspecified atom stereocenters. The first-order valence-corrected chi connectivity index (χ1v) is 5.44. The summed E-state index contributed by atoms with van der Waals surface area (Å²) in [6.45, 7) is 0.272. The van der Waals surface area contributed by atoms with Gasteiger partial charge in [-0.2, -0.15) is 0 Å². The molecule has 4 heteroatoms. The van der Waals surface area contributed by atoms with Gasteiger partial charge in [-0.3, -0.25) is 9.59 Å². The molecule has 0 atom stereocenters. The molecule has 0 fully saturated rings. The summed E-state index contributed by atoms with van der Waals surface area (Å²) in [5.74, 6) is -0.304. The predicted octanol–water partition coefficient (Wildman–Crippen LogP) is 2.67. The number of ether oxygens (including phenoxy) is 1. The van der Waals surface area contributed by atoms with Crippen LogP contribution in [0.1, 0.15) is 24.8 Å². The fourth-order valence-electron chi connectivity index (χ4n) is 1.18. The SMILES string of the molecule is O=C(Cl)CCCC(=O)OCc1ccccc1. The quantitative estimate of drug-likeness (QED) is 0.567. The molecule has 0 radical (unpaired) electrons. The van der Waals surface area contributed by atoms with Gasteiger partial charge in [-0.15, -0.1) is 0 Å². The number of halogens is 1. The van der Waals surface area contributed by atoms with E-state index < -0.39 is 5.24 Å². The van der Waals surface area contributed by atoms with Gasteiger partial charge in [-0.25, -0.2) is 0 Å². The van der Waals surface area contributed by atoms with Crippen molar-refractivity contribution in [3.8, 4) is 0 Å². The largest absolute Gasteiger partial charge is 0.461 e. The summed E-state index contributed by atoms with van der Waals surface area (Å²) in [5, 5.41) is -0.421. The minimum absolute atomic E-state index is 0.210. The zero-order valence-corrected chi connectivity index (χ0v) is 9.57. The van der Waals surface area contributed by atoms with Gasteiger partial charge >= 0.3 is 5.97 Å². The number of esters is 1. The van der Waals surface area contributed by atoms with Crippen molar-refractivity contribution in [1.29, 1.82) is 0 Å². The summed E-state index contributed by atoms with van der Waals surface area (Å²) in [6, 6.07) is 9.44. The van der Waals surface area contributed by atoms with E-state index in [0.29, 0.717) is 6.42 Å². The highest BCUT2D eigenvalue weighted by molar-refractivity contribution is 6.63. The Kier molecular flexibility index (Phi) is 5.57. The van der Waals surface area contributed by atoms with Crippen molar-refractivity contribution in [2.45, 2.75) is 25.9 Å². The molecule has 0 bridgehead atoms. The van der Waals surface area contributed by atoms with Crippen LogP contribution in [0, 0.1) is 0 Å². The van der Waals surface area contributed by atoms with Crippen LogP contribution in [0.4, 0.5) is 0 Å². The maximum Gasteiger partial charge on any atom is 0.306 e. The Bertz CT molecular complexity index is 349. The number of benzene rings is 1. The summed E-state index contributed by atoms with van der Waals surface area (Å²) in [5.41, 5.74) is 0.948. The highest BCUT2D eigenvalue weighted by atomic mass is 35.5. The summed E-state index contributed by atoms with van der Waals surface area (Å²) in [4.78, 5) is 21.6. The molecule has 0 aliphatic heterocycles. The van der Waals surface area contributed by atoms with Crippen molar-refractivity contribution in [3.05, 3.63) is 35.9 Å². The summed E-state index contributed by atoms with van der Waals surface area (Å²) in [7, 11) is 0. The average molecular weight is 241 g/mol. The third kappa shape index (κ3) is 5.51. The van der Waals surface area contributed by atoms with E-state index in [1.807, 2.05) is 30.3 Å². The number of carbonyl (C=O) groups excluding carboxylic acids is 2. The first kappa shape index (κ1) is 12.7. The van der Waals surface area contributed by atoms with Gasteiger partial charge in [0.1, 0.15) is 6.61 Å². The van der Waals surface area contributed by atoms with Gasteiger partial charge in [0.05, 0.1) is 0 Å². The van der Waals surface area contributed by atoms with Crippen molar-refractivity contribution in [2.24, 2.45) is 0 Å². The van der Waals surface area contributed by atoms with Crippen molar-refractivity contribution >= 4 is 22.8 Å².